The van der Waals surface area contributed by atoms with Gasteiger partial charge in [0, 0.05) is 13.6 Å². The fourth-order valence-corrected chi connectivity index (χ4v) is 2.74. The minimum Gasteiger partial charge on any atom is -0.367 e. The lowest BCUT2D eigenvalue weighted by Gasteiger charge is -2.33. The lowest BCUT2D eigenvalue weighted by molar-refractivity contribution is -0.383. The second-order valence-electron chi connectivity index (χ2n) is 5.65. The van der Waals surface area contributed by atoms with Gasteiger partial charge in [0.25, 0.3) is 0 Å². The van der Waals surface area contributed by atoms with Crippen LogP contribution in [0, 0.1) is 15.5 Å². The van der Waals surface area contributed by atoms with Gasteiger partial charge in [-0.05, 0) is 18.3 Å². The lowest BCUT2D eigenvalue weighted by Crippen LogP contribution is -2.29. The molecule has 2 N–H and O–H groups in total. The Balaban J connectivity index is 2.14. The summed E-state index contributed by atoms with van der Waals surface area (Å²) in [4.78, 5) is 18.6. The van der Waals surface area contributed by atoms with Crippen LogP contribution in [0.5, 0.6) is 0 Å². The molecule has 1 aromatic rings. The summed E-state index contributed by atoms with van der Waals surface area (Å²) in [7, 11) is 1.61. The van der Waals surface area contributed by atoms with Crippen molar-refractivity contribution in [1.29, 1.82) is 0 Å². The Labute approximate surface area is 118 Å². The van der Waals surface area contributed by atoms with Crippen LogP contribution in [0.25, 0.3) is 0 Å². The molecule has 1 heterocycles. The molecule has 0 bridgehead atoms. The molecule has 1 saturated carbocycles. The van der Waals surface area contributed by atoms with Crippen molar-refractivity contribution in [2.75, 3.05) is 24.2 Å². The highest BCUT2D eigenvalue weighted by molar-refractivity contribution is 5.69. The number of nitrogens with one attached hydrogen (secondary N) is 2. The van der Waals surface area contributed by atoms with Crippen LogP contribution in [-0.2, 0) is 0 Å². The first-order valence-corrected chi connectivity index (χ1v) is 6.97. The number of nitrogens with zero attached hydrogens (tertiary/aromatic N) is 3. The summed E-state index contributed by atoms with van der Waals surface area (Å²) in [6.45, 7) is 2.93. The number of hydrogen-bond acceptors (Lipinski definition) is 6. The quantitative estimate of drug-likeness (QED) is 0.636. The molecule has 1 aliphatic carbocycles. The molecular formula is C13H21N5O2. The van der Waals surface area contributed by atoms with Crippen molar-refractivity contribution in [3.63, 3.8) is 0 Å². The van der Waals surface area contributed by atoms with Crippen LogP contribution < -0.4 is 10.6 Å². The third-order valence-electron chi connectivity index (χ3n) is 3.98. The van der Waals surface area contributed by atoms with E-state index in [4.69, 9.17) is 0 Å². The average molecular weight is 279 g/mol. The maximum absolute atomic E-state index is 11.2. The third kappa shape index (κ3) is 3.15. The molecule has 1 fully saturated rings. The monoisotopic (exact) mass is 279 g/mol. The highest BCUT2D eigenvalue weighted by Gasteiger charge is 2.29. The SMILES string of the molecule is CNc1ncnc(NCC2(C)CCCCC2)c1[N+](=O)[O-]. The van der Waals surface area contributed by atoms with Crippen molar-refractivity contribution < 1.29 is 4.92 Å². The second kappa shape index (κ2) is 6.02. The van der Waals surface area contributed by atoms with Crippen molar-refractivity contribution in [2.24, 2.45) is 5.41 Å². The number of rotatable bonds is 5. The molecule has 0 aliphatic heterocycles. The normalized spacial score (nSPS) is 17.5. The molecule has 7 heteroatoms. The van der Waals surface area contributed by atoms with Crippen LogP contribution in [0.4, 0.5) is 17.3 Å². The van der Waals surface area contributed by atoms with Gasteiger partial charge in [-0.15, -0.1) is 0 Å². The van der Waals surface area contributed by atoms with Gasteiger partial charge in [-0.1, -0.05) is 26.2 Å². The fraction of sp³-hybridized carbons (Fsp3) is 0.692. The van der Waals surface area contributed by atoms with Gasteiger partial charge in [-0.25, -0.2) is 9.97 Å². The first kappa shape index (κ1) is 14.5. The first-order valence-electron chi connectivity index (χ1n) is 6.97. The molecule has 0 atom stereocenters. The van der Waals surface area contributed by atoms with Crippen molar-refractivity contribution in [3.05, 3.63) is 16.4 Å². The smallest absolute Gasteiger partial charge is 0.353 e. The van der Waals surface area contributed by atoms with Crippen LogP contribution in [0.3, 0.4) is 0 Å². The minimum atomic E-state index is -0.447. The molecule has 0 aromatic carbocycles. The molecule has 110 valence electrons. The molecule has 7 nitrogen and oxygen atoms in total. The van der Waals surface area contributed by atoms with Gasteiger partial charge in [-0.2, -0.15) is 0 Å². The molecule has 1 aliphatic rings. The predicted octanol–water partition coefficient (Wildman–Crippen LogP) is 2.81. The van der Waals surface area contributed by atoms with E-state index < -0.39 is 4.92 Å². The topological polar surface area (TPSA) is 93.0 Å². The van der Waals surface area contributed by atoms with Crippen molar-refractivity contribution >= 4 is 17.3 Å². The Hall–Kier alpha value is -1.92. The van der Waals surface area contributed by atoms with E-state index in [1.54, 1.807) is 7.05 Å². The summed E-state index contributed by atoms with van der Waals surface area (Å²) < 4.78 is 0. The number of hydrogen-bond donors (Lipinski definition) is 2. The fourth-order valence-electron chi connectivity index (χ4n) is 2.74. The van der Waals surface area contributed by atoms with Crippen molar-refractivity contribution in [1.82, 2.24) is 9.97 Å². The Morgan fingerprint density at radius 1 is 1.30 bits per heavy atom. The second-order valence-corrected chi connectivity index (χ2v) is 5.65. The summed E-state index contributed by atoms with van der Waals surface area (Å²) in [5.41, 5.74) is 0.103. The zero-order valence-electron chi connectivity index (χ0n) is 12.0. The van der Waals surface area contributed by atoms with E-state index >= 15 is 0 Å². The van der Waals surface area contributed by atoms with Gasteiger partial charge in [0.1, 0.15) is 6.33 Å². The highest BCUT2D eigenvalue weighted by atomic mass is 16.6. The summed E-state index contributed by atoms with van der Waals surface area (Å²) in [5.74, 6) is 0.530. The van der Waals surface area contributed by atoms with Crippen LogP contribution in [-0.4, -0.2) is 28.5 Å². The highest BCUT2D eigenvalue weighted by Crippen LogP contribution is 2.37. The number of anilines is 2. The van der Waals surface area contributed by atoms with E-state index in [1.165, 1.54) is 25.6 Å². The predicted molar refractivity (Wildman–Crippen MR) is 77.9 cm³/mol. The molecular weight excluding hydrogens is 258 g/mol. The summed E-state index contributed by atoms with van der Waals surface area (Å²) >= 11 is 0. The van der Waals surface area contributed by atoms with E-state index in [2.05, 4.69) is 27.5 Å². The minimum absolute atomic E-state index is 0.0885. The molecule has 0 spiro atoms. The average Bonchev–Trinajstić information content (AvgIpc) is 2.45. The zero-order valence-corrected chi connectivity index (χ0v) is 12.0. The summed E-state index contributed by atoms with van der Waals surface area (Å²) in [6, 6.07) is 0. The molecule has 0 saturated heterocycles. The van der Waals surface area contributed by atoms with Gasteiger partial charge in [-0.3, -0.25) is 10.1 Å². The molecule has 20 heavy (non-hydrogen) atoms. The molecule has 0 radical (unpaired) electrons. The Morgan fingerprint density at radius 2 is 1.95 bits per heavy atom. The van der Waals surface area contributed by atoms with Gasteiger partial charge >= 0.3 is 5.69 Å². The maximum Gasteiger partial charge on any atom is 0.353 e. The van der Waals surface area contributed by atoms with Gasteiger partial charge in [0.15, 0.2) is 0 Å². The summed E-state index contributed by atoms with van der Waals surface area (Å²) in [6.07, 6.45) is 7.38. The van der Waals surface area contributed by atoms with Gasteiger partial charge in [0.2, 0.25) is 11.6 Å². The Kier molecular flexibility index (Phi) is 4.36. The van der Waals surface area contributed by atoms with Crippen molar-refractivity contribution in [2.45, 2.75) is 39.0 Å². The molecule has 0 unspecified atom stereocenters. The van der Waals surface area contributed by atoms with Gasteiger partial charge in [0.05, 0.1) is 4.92 Å². The van der Waals surface area contributed by atoms with E-state index in [0.717, 1.165) is 12.8 Å². The zero-order chi connectivity index (χ0) is 14.6. The number of aromatic nitrogens is 2. The Bertz CT molecular complexity index is 486. The van der Waals surface area contributed by atoms with E-state index in [-0.39, 0.29) is 16.9 Å². The summed E-state index contributed by atoms with van der Waals surface area (Å²) in [5, 5.41) is 17.1. The van der Waals surface area contributed by atoms with Crippen LogP contribution in [0.15, 0.2) is 6.33 Å². The van der Waals surface area contributed by atoms with Crippen LogP contribution >= 0.6 is 0 Å². The molecule has 1 aromatic heterocycles. The maximum atomic E-state index is 11.2. The molecule has 2 rings (SSSR count). The third-order valence-corrected chi connectivity index (χ3v) is 3.98. The standard InChI is InChI=1S/C13H21N5O2/c1-13(6-4-3-5-7-13)8-15-12-10(18(19)20)11(14-2)16-9-17-12/h9H,3-8H2,1-2H3,(H2,14,15,16,17). The van der Waals surface area contributed by atoms with Crippen LogP contribution in [0.1, 0.15) is 39.0 Å². The van der Waals surface area contributed by atoms with E-state index in [9.17, 15) is 10.1 Å². The largest absolute Gasteiger partial charge is 0.367 e. The van der Waals surface area contributed by atoms with Crippen LogP contribution in [0.2, 0.25) is 0 Å². The molecule has 0 amide bonds. The van der Waals surface area contributed by atoms with Crippen molar-refractivity contribution in [3.8, 4) is 0 Å². The first-order chi connectivity index (χ1) is 9.56. The van der Waals surface area contributed by atoms with Gasteiger partial charge < -0.3 is 10.6 Å². The van der Waals surface area contributed by atoms with E-state index in [1.807, 2.05) is 0 Å². The lowest BCUT2D eigenvalue weighted by atomic mass is 9.76. The number of nitro groups is 1. The Morgan fingerprint density at radius 3 is 2.55 bits per heavy atom. The van der Waals surface area contributed by atoms with E-state index in [0.29, 0.717) is 12.4 Å².